The molecule has 1 aliphatic heterocycles. The molecule has 0 bridgehead atoms. The Hall–Kier alpha value is -2.74. The average molecular weight is 361 g/mol. The zero-order chi connectivity index (χ0) is 18.0. The van der Waals surface area contributed by atoms with Crippen LogP contribution in [0.25, 0.3) is 0 Å². The van der Waals surface area contributed by atoms with Gasteiger partial charge in [0, 0.05) is 4.88 Å². The van der Waals surface area contributed by atoms with E-state index in [4.69, 9.17) is 0 Å². The van der Waals surface area contributed by atoms with Crippen LogP contribution >= 0.6 is 11.3 Å². The van der Waals surface area contributed by atoms with E-state index in [0.29, 0.717) is 12.1 Å². The van der Waals surface area contributed by atoms with Crippen LogP contribution < -0.4 is 10.6 Å². The van der Waals surface area contributed by atoms with Crippen LogP contribution in [0.3, 0.4) is 0 Å². The second kappa shape index (κ2) is 6.64. The lowest BCUT2D eigenvalue weighted by Gasteiger charge is -2.22. The molecule has 2 aromatic rings. The van der Waals surface area contributed by atoms with E-state index >= 15 is 0 Å². The molecule has 0 saturated carbocycles. The van der Waals surface area contributed by atoms with Crippen LogP contribution in [0.15, 0.2) is 41.8 Å². The van der Waals surface area contributed by atoms with E-state index in [1.54, 1.807) is 0 Å². The van der Waals surface area contributed by atoms with Crippen molar-refractivity contribution in [2.75, 3.05) is 6.54 Å². The first kappa shape index (κ1) is 17.1. The normalized spacial score (nSPS) is 19.8. The Kier molecular flexibility index (Phi) is 4.54. The SMILES string of the molecule is C[C@]1(c2ccc(F)cc2)NC(=O)N(CC(=O)NCc2cccs2)C1=O. The van der Waals surface area contributed by atoms with Crippen LogP contribution in [-0.4, -0.2) is 29.3 Å². The lowest BCUT2D eigenvalue weighted by molar-refractivity contribution is -0.134. The molecule has 1 aromatic carbocycles. The van der Waals surface area contributed by atoms with Gasteiger partial charge in [-0.2, -0.15) is 0 Å². The van der Waals surface area contributed by atoms with Crippen LogP contribution in [0.1, 0.15) is 17.4 Å². The molecular formula is C17H16FN3O3S. The number of carbonyl (C=O) groups excluding carboxylic acids is 3. The maximum atomic E-state index is 13.1. The summed E-state index contributed by atoms with van der Waals surface area (Å²) in [5.74, 6) is -1.41. The van der Waals surface area contributed by atoms with E-state index in [0.717, 1.165) is 9.78 Å². The summed E-state index contributed by atoms with van der Waals surface area (Å²) in [7, 11) is 0. The highest BCUT2D eigenvalue weighted by atomic mass is 32.1. The number of imide groups is 1. The van der Waals surface area contributed by atoms with Crippen LogP contribution in [0.2, 0.25) is 0 Å². The summed E-state index contributed by atoms with van der Waals surface area (Å²) >= 11 is 1.50. The van der Waals surface area contributed by atoms with Gasteiger partial charge >= 0.3 is 6.03 Å². The molecule has 2 N–H and O–H groups in total. The van der Waals surface area contributed by atoms with Crippen LogP contribution in [0.5, 0.6) is 0 Å². The number of hydrogen-bond donors (Lipinski definition) is 2. The van der Waals surface area contributed by atoms with Crippen molar-refractivity contribution in [3.8, 4) is 0 Å². The van der Waals surface area contributed by atoms with Crippen molar-refractivity contribution in [2.24, 2.45) is 0 Å². The highest BCUT2D eigenvalue weighted by Gasteiger charge is 2.49. The summed E-state index contributed by atoms with van der Waals surface area (Å²) < 4.78 is 13.1. The highest BCUT2D eigenvalue weighted by Crippen LogP contribution is 2.28. The summed E-state index contributed by atoms with van der Waals surface area (Å²) in [5.41, 5.74) is -0.868. The minimum atomic E-state index is -1.32. The van der Waals surface area contributed by atoms with Gasteiger partial charge in [0.1, 0.15) is 17.9 Å². The van der Waals surface area contributed by atoms with Crippen molar-refractivity contribution in [3.63, 3.8) is 0 Å². The van der Waals surface area contributed by atoms with Crippen molar-refractivity contribution in [1.29, 1.82) is 0 Å². The third-order valence-corrected chi connectivity index (χ3v) is 4.91. The Bertz CT molecular complexity index is 807. The first-order valence-electron chi connectivity index (χ1n) is 7.59. The first-order chi connectivity index (χ1) is 11.9. The largest absolute Gasteiger partial charge is 0.350 e. The molecule has 1 fully saturated rings. The van der Waals surface area contributed by atoms with Gasteiger partial charge in [0.15, 0.2) is 0 Å². The van der Waals surface area contributed by atoms with Gasteiger partial charge in [-0.05, 0) is 36.1 Å². The number of urea groups is 1. The number of amides is 4. The average Bonchev–Trinajstić information content (AvgIpc) is 3.17. The van der Waals surface area contributed by atoms with E-state index in [2.05, 4.69) is 10.6 Å². The number of halogens is 1. The predicted molar refractivity (Wildman–Crippen MR) is 90.2 cm³/mol. The molecule has 8 heteroatoms. The van der Waals surface area contributed by atoms with Gasteiger partial charge in [-0.15, -0.1) is 11.3 Å². The summed E-state index contributed by atoms with van der Waals surface area (Å²) in [6.45, 7) is 1.51. The number of hydrogen-bond acceptors (Lipinski definition) is 4. The lowest BCUT2D eigenvalue weighted by atomic mass is 9.92. The molecule has 1 saturated heterocycles. The fourth-order valence-corrected chi connectivity index (χ4v) is 3.26. The van der Waals surface area contributed by atoms with Gasteiger partial charge in [0.25, 0.3) is 5.91 Å². The number of nitrogens with one attached hydrogen (secondary N) is 2. The summed E-state index contributed by atoms with van der Waals surface area (Å²) in [4.78, 5) is 38.7. The Morgan fingerprint density at radius 3 is 2.64 bits per heavy atom. The highest BCUT2D eigenvalue weighted by molar-refractivity contribution is 7.09. The molecule has 0 spiro atoms. The Morgan fingerprint density at radius 2 is 2.00 bits per heavy atom. The molecule has 6 nitrogen and oxygen atoms in total. The number of rotatable bonds is 5. The molecule has 130 valence electrons. The van der Waals surface area contributed by atoms with Crippen molar-refractivity contribution in [3.05, 3.63) is 58.0 Å². The minimum absolute atomic E-state index is 0.343. The van der Waals surface area contributed by atoms with Crippen molar-refractivity contribution >= 4 is 29.2 Å². The zero-order valence-electron chi connectivity index (χ0n) is 13.4. The van der Waals surface area contributed by atoms with E-state index in [1.807, 2.05) is 17.5 Å². The Labute approximate surface area is 147 Å². The molecule has 0 unspecified atom stereocenters. The molecule has 4 amide bonds. The monoisotopic (exact) mass is 361 g/mol. The number of carbonyl (C=O) groups is 3. The molecule has 2 heterocycles. The molecule has 3 rings (SSSR count). The van der Waals surface area contributed by atoms with Crippen LogP contribution in [-0.2, 0) is 21.7 Å². The van der Waals surface area contributed by atoms with E-state index in [1.165, 1.54) is 42.5 Å². The van der Waals surface area contributed by atoms with Gasteiger partial charge in [-0.1, -0.05) is 18.2 Å². The Balaban J connectivity index is 1.68. The van der Waals surface area contributed by atoms with Gasteiger partial charge in [0.2, 0.25) is 5.91 Å². The van der Waals surface area contributed by atoms with Crippen molar-refractivity contribution in [2.45, 2.75) is 19.0 Å². The number of benzene rings is 1. The number of nitrogens with zero attached hydrogens (tertiary/aromatic N) is 1. The minimum Gasteiger partial charge on any atom is -0.350 e. The third kappa shape index (κ3) is 3.39. The number of thiophene rings is 1. The van der Waals surface area contributed by atoms with Gasteiger partial charge < -0.3 is 10.6 Å². The van der Waals surface area contributed by atoms with E-state index in [9.17, 15) is 18.8 Å². The molecule has 1 aromatic heterocycles. The third-order valence-electron chi connectivity index (χ3n) is 4.04. The maximum absolute atomic E-state index is 13.1. The van der Waals surface area contributed by atoms with Crippen molar-refractivity contribution in [1.82, 2.24) is 15.5 Å². The molecule has 0 aliphatic carbocycles. The summed E-state index contributed by atoms with van der Waals surface area (Å²) in [6.07, 6.45) is 0. The lowest BCUT2D eigenvalue weighted by Crippen LogP contribution is -2.43. The molecule has 25 heavy (non-hydrogen) atoms. The molecule has 1 aliphatic rings. The van der Waals surface area contributed by atoms with Gasteiger partial charge in [-0.3, -0.25) is 14.5 Å². The van der Waals surface area contributed by atoms with Crippen molar-refractivity contribution < 1.29 is 18.8 Å². The molecular weight excluding hydrogens is 345 g/mol. The van der Waals surface area contributed by atoms with Gasteiger partial charge in [0.05, 0.1) is 6.54 Å². The molecule has 1 atom stereocenters. The zero-order valence-corrected chi connectivity index (χ0v) is 14.2. The topological polar surface area (TPSA) is 78.5 Å². The maximum Gasteiger partial charge on any atom is 0.325 e. The fraction of sp³-hybridized carbons (Fsp3) is 0.235. The second-order valence-corrected chi connectivity index (χ2v) is 6.84. The van der Waals surface area contributed by atoms with E-state index in [-0.39, 0.29) is 6.54 Å². The standard InChI is InChI=1S/C17H16FN3O3S/c1-17(11-4-6-12(18)7-5-11)15(23)21(16(24)20-17)10-14(22)19-9-13-3-2-8-25-13/h2-8H,9-10H2,1H3,(H,19,22)(H,20,24)/t17-/m1/s1. The predicted octanol–water partition coefficient (Wildman–Crippen LogP) is 1.97. The Morgan fingerprint density at radius 1 is 1.28 bits per heavy atom. The summed E-state index contributed by atoms with van der Waals surface area (Å²) in [5, 5.41) is 7.15. The van der Waals surface area contributed by atoms with Gasteiger partial charge in [-0.25, -0.2) is 9.18 Å². The first-order valence-corrected chi connectivity index (χ1v) is 8.47. The van der Waals surface area contributed by atoms with Crippen LogP contribution in [0.4, 0.5) is 9.18 Å². The summed E-state index contributed by atoms with van der Waals surface area (Å²) in [6, 6.07) is 8.42. The smallest absolute Gasteiger partial charge is 0.325 e. The van der Waals surface area contributed by atoms with Crippen LogP contribution in [0, 0.1) is 5.82 Å². The van der Waals surface area contributed by atoms with E-state index < -0.39 is 29.2 Å². The second-order valence-electron chi connectivity index (χ2n) is 5.81. The quantitative estimate of drug-likeness (QED) is 0.800. The molecule has 0 radical (unpaired) electrons. The fourth-order valence-electron chi connectivity index (χ4n) is 2.62.